The normalized spacial score (nSPS) is 11.1. The van der Waals surface area contributed by atoms with Crippen molar-refractivity contribution < 1.29 is 0 Å². The average molecular weight is 205 g/mol. The number of nitrogens with zero attached hydrogens (tertiary/aromatic N) is 2. The Kier molecular flexibility index (Phi) is 2.94. The molecule has 5 nitrogen and oxygen atoms in total. The van der Waals surface area contributed by atoms with Gasteiger partial charge in [0.05, 0.1) is 5.52 Å². The molecule has 5 heteroatoms. The molecule has 0 atom stereocenters. The summed E-state index contributed by atoms with van der Waals surface area (Å²) < 4.78 is 0. The van der Waals surface area contributed by atoms with Crippen LogP contribution in [0.5, 0.6) is 0 Å². The third-order valence-corrected chi connectivity index (χ3v) is 2.23. The molecule has 0 unspecified atom stereocenters. The van der Waals surface area contributed by atoms with E-state index in [0.717, 1.165) is 30.1 Å². The second-order valence-corrected chi connectivity index (χ2v) is 3.46. The van der Waals surface area contributed by atoms with E-state index in [0.29, 0.717) is 6.54 Å². The van der Waals surface area contributed by atoms with Gasteiger partial charge in [-0.05, 0) is 18.6 Å². The van der Waals surface area contributed by atoms with Crippen LogP contribution in [0.2, 0.25) is 0 Å². The summed E-state index contributed by atoms with van der Waals surface area (Å²) in [4.78, 5) is 11.7. The van der Waals surface area contributed by atoms with Gasteiger partial charge >= 0.3 is 0 Å². The molecule has 80 valence electrons. The largest absolute Gasteiger partial charge is 0.341 e. The standard InChI is InChI=1S/C10H15N5/c1-7-14-9-8(6-12-5-3-11)2-4-13-10(9)15-7/h2,4,12H,3,5-6,11H2,1H3,(H,13,14,15). The maximum absolute atomic E-state index is 5.41. The van der Waals surface area contributed by atoms with Crippen molar-refractivity contribution in [1.82, 2.24) is 20.3 Å². The molecule has 0 radical (unpaired) electrons. The molecule has 2 rings (SSSR count). The summed E-state index contributed by atoms with van der Waals surface area (Å²) in [6.45, 7) is 4.18. The van der Waals surface area contributed by atoms with E-state index in [-0.39, 0.29) is 0 Å². The van der Waals surface area contributed by atoms with Crippen LogP contribution < -0.4 is 11.1 Å². The molecular weight excluding hydrogens is 190 g/mol. The van der Waals surface area contributed by atoms with Gasteiger partial charge in [0, 0.05) is 25.8 Å². The van der Waals surface area contributed by atoms with Crippen molar-refractivity contribution in [2.24, 2.45) is 5.73 Å². The molecule has 4 N–H and O–H groups in total. The zero-order valence-electron chi connectivity index (χ0n) is 8.75. The number of nitrogens with two attached hydrogens (primary N) is 1. The molecule has 0 amide bonds. The molecule has 0 saturated carbocycles. The molecule has 2 heterocycles. The predicted molar refractivity (Wildman–Crippen MR) is 59.4 cm³/mol. The first-order valence-corrected chi connectivity index (χ1v) is 5.02. The number of imidazole rings is 1. The SMILES string of the molecule is Cc1nc2nccc(CNCCN)c2[nH]1. The number of pyridine rings is 1. The Hall–Kier alpha value is -1.46. The highest BCUT2D eigenvalue weighted by Crippen LogP contribution is 2.13. The lowest BCUT2D eigenvalue weighted by atomic mass is 10.2. The van der Waals surface area contributed by atoms with Crippen LogP contribution in [0.3, 0.4) is 0 Å². The summed E-state index contributed by atoms with van der Waals surface area (Å²) in [6, 6.07) is 1.99. The van der Waals surface area contributed by atoms with Crippen LogP contribution in [0.15, 0.2) is 12.3 Å². The maximum Gasteiger partial charge on any atom is 0.177 e. The Morgan fingerprint density at radius 2 is 2.40 bits per heavy atom. The maximum atomic E-state index is 5.41. The molecule has 2 aromatic rings. The minimum Gasteiger partial charge on any atom is -0.341 e. The van der Waals surface area contributed by atoms with E-state index in [1.54, 1.807) is 6.20 Å². The molecule has 2 aromatic heterocycles. The zero-order chi connectivity index (χ0) is 10.7. The highest BCUT2D eigenvalue weighted by Gasteiger charge is 2.04. The van der Waals surface area contributed by atoms with Gasteiger partial charge in [0.2, 0.25) is 0 Å². The van der Waals surface area contributed by atoms with E-state index in [1.165, 1.54) is 5.56 Å². The van der Waals surface area contributed by atoms with Crippen molar-refractivity contribution >= 4 is 11.2 Å². The van der Waals surface area contributed by atoms with Crippen molar-refractivity contribution in [1.29, 1.82) is 0 Å². The molecule has 0 aliphatic heterocycles. The van der Waals surface area contributed by atoms with Crippen molar-refractivity contribution in [3.63, 3.8) is 0 Å². The number of nitrogens with one attached hydrogen (secondary N) is 2. The lowest BCUT2D eigenvalue weighted by molar-refractivity contribution is 0.697. The van der Waals surface area contributed by atoms with Crippen molar-refractivity contribution in [3.8, 4) is 0 Å². The van der Waals surface area contributed by atoms with Crippen LogP contribution in [-0.2, 0) is 6.54 Å². The highest BCUT2D eigenvalue weighted by molar-refractivity contribution is 5.74. The van der Waals surface area contributed by atoms with Gasteiger partial charge in [-0.25, -0.2) is 9.97 Å². The van der Waals surface area contributed by atoms with Crippen LogP contribution in [0.1, 0.15) is 11.4 Å². The summed E-state index contributed by atoms with van der Waals surface area (Å²) in [5.41, 5.74) is 8.38. The van der Waals surface area contributed by atoms with E-state index >= 15 is 0 Å². The number of fused-ring (bicyclic) bond motifs is 1. The van der Waals surface area contributed by atoms with Crippen LogP contribution in [0.4, 0.5) is 0 Å². The predicted octanol–water partition coefficient (Wildman–Crippen LogP) is 0.315. The first-order chi connectivity index (χ1) is 7.31. The Balaban J connectivity index is 2.25. The Morgan fingerprint density at radius 3 is 3.20 bits per heavy atom. The summed E-state index contributed by atoms with van der Waals surface area (Å²) in [5, 5.41) is 3.25. The van der Waals surface area contributed by atoms with Crippen molar-refractivity contribution in [2.75, 3.05) is 13.1 Å². The van der Waals surface area contributed by atoms with Gasteiger partial charge in [0.1, 0.15) is 5.82 Å². The van der Waals surface area contributed by atoms with Gasteiger partial charge in [0.15, 0.2) is 5.65 Å². The molecule has 0 aliphatic rings. The number of hydrogen-bond donors (Lipinski definition) is 3. The average Bonchev–Trinajstić information content (AvgIpc) is 2.59. The van der Waals surface area contributed by atoms with E-state index in [1.807, 2.05) is 13.0 Å². The minimum atomic E-state index is 0.649. The molecular formula is C10H15N5. The van der Waals surface area contributed by atoms with Crippen LogP contribution in [-0.4, -0.2) is 28.0 Å². The smallest absolute Gasteiger partial charge is 0.177 e. The Labute approximate surface area is 88.1 Å². The number of aryl methyl sites for hydroxylation is 1. The quantitative estimate of drug-likeness (QED) is 0.628. The fourth-order valence-electron chi connectivity index (χ4n) is 1.55. The molecule has 0 bridgehead atoms. The molecule has 15 heavy (non-hydrogen) atoms. The molecule has 0 aliphatic carbocycles. The summed E-state index contributed by atoms with van der Waals surface area (Å²) >= 11 is 0. The molecule has 0 fully saturated rings. The first-order valence-electron chi connectivity index (χ1n) is 5.02. The van der Waals surface area contributed by atoms with Gasteiger partial charge in [-0.15, -0.1) is 0 Å². The minimum absolute atomic E-state index is 0.649. The first kappa shape index (κ1) is 10.1. The monoisotopic (exact) mass is 205 g/mol. The molecule has 0 aromatic carbocycles. The highest BCUT2D eigenvalue weighted by atomic mass is 15.0. The topological polar surface area (TPSA) is 79.6 Å². The van der Waals surface area contributed by atoms with E-state index in [9.17, 15) is 0 Å². The number of H-pyrrole nitrogens is 1. The van der Waals surface area contributed by atoms with Gasteiger partial charge in [0.25, 0.3) is 0 Å². The van der Waals surface area contributed by atoms with Crippen LogP contribution in [0.25, 0.3) is 11.2 Å². The lowest BCUT2D eigenvalue weighted by Gasteiger charge is -2.03. The number of aromatic amines is 1. The Bertz CT molecular complexity index is 448. The van der Waals surface area contributed by atoms with Crippen molar-refractivity contribution in [2.45, 2.75) is 13.5 Å². The fourth-order valence-corrected chi connectivity index (χ4v) is 1.55. The second kappa shape index (κ2) is 4.37. The van der Waals surface area contributed by atoms with E-state index in [4.69, 9.17) is 5.73 Å². The van der Waals surface area contributed by atoms with Gasteiger partial charge in [-0.2, -0.15) is 0 Å². The Morgan fingerprint density at radius 1 is 1.53 bits per heavy atom. The van der Waals surface area contributed by atoms with E-state index in [2.05, 4.69) is 20.3 Å². The molecule has 0 saturated heterocycles. The number of aromatic nitrogens is 3. The van der Waals surface area contributed by atoms with Crippen molar-refractivity contribution in [3.05, 3.63) is 23.7 Å². The van der Waals surface area contributed by atoms with Crippen LogP contribution in [0, 0.1) is 6.92 Å². The number of rotatable bonds is 4. The summed E-state index contributed by atoms with van der Waals surface area (Å²) in [7, 11) is 0. The van der Waals surface area contributed by atoms with E-state index < -0.39 is 0 Å². The summed E-state index contributed by atoms with van der Waals surface area (Å²) in [6.07, 6.45) is 1.78. The fraction of sp³-hybridized carbons (Fsp3) is 0.400. The lowest BCUT2D eigenvalue weighted by Crippen LogP contribution is -2.22. The molecule has 0 spiro atoms. The van der Waals surface area contributed by atoms with Crippen LogP contribution >= 0.6 is 0 Å². The number of hydrogen-bond acceptors (Lipinski definition) is 4. The summed E-state index contributed by atoms with van der Waals surface area (Å²) in [5.74, 6) is 0.892. The third-order valence-electron chi connectivity index (χ3n) is 2.23. The third kappa shape index (κ3) is 2.14. The van der Waals surface area contributed by atoms with Gasteiger partial charge in [-0.3, -0.25) is 0 Å². The second-order valence-electron chi connectivity index (χ2n) is 3.46. The zero-order valence-corrected chi connectivity index (χ0v) is 8.75. The van der Waals surface area contributed by atoms with Gasteiger partial charge < -0.3 is 16.0 Å². The van der Waals surface area contributed by atoms with Gasteiger partial charge in [-0.1, -0.05) is 0 Å².